The summed E-state index contributed by atoms with van der Waals surface area (Å²) in [6, 6.07) is 7.75. The number of fused-ring (bicyclic) bond motifs is 6. The van der Waals surface area contributed by atoms with E-state index in [4.69, 9.17) is 11.5 Å². The molecule has 2 aliphatic rings. The number of thioether (sulfide) groups is 3. The first-order chi connectivity index (χ1) is 60.5. The predicted octanol–water partition coefficient (Wildman–Crippen LogP) is -0.503. The number of carboxylic acids is 4. The number of aromatic hydroxyl groups is 1. The molecule has 2 aliphatic heterocycles. The SMILES string of the molecule is CC[C@H]1CSCc2cc3cc(c2)CSC[C@H](NCC(=O)[C@@H](C)NC(=O)[C@H](Cc2cccc4ccccc24)NC(=O)[C@H](CCC(=O)O)NC(=O)[C@H](CC(N)=O)NC(=O)[C@@H](C)NC1=O)C(=O)N[C@@H](CCC(=O)O)C(=O)N[C@@H](CC(=O)O)C(=O)N[C@@H](Cc1ccccc1)C(=O)N[C@@H](Cc1ccc(O)cc1)C(=O)N[C@@H](CC(=O)O)C(=O)N[C@@H](C(C)(C)C)C(=O)N[C@H](C(N)=O)CSC3. The molecule has 5 aromatic carbocycles. The molecule has 0 aromatic heterocycles. The van der Waals surface area contributed by atoms with Crippen molar-refractivity contribution < 1.29 is 117 Å². The molecule has 0 aliphatic carbocycles. The van der Waals surface area contributed by atoms with Gasteiger partial charge in [-0.15, -0.1) is 0 Å². The van der Waals surface area contributed by atoms with E-state index >= 15 is 4.79 Å². The monoisotopic (exact) mass is 1830 g/mol. The summed E-state index contributed by atoms with van der Waals surface area (Å²) in [5.74, 6) is -23.8. The van der Waals surface area contributed by atoms with Crippen LogP contribution >= 0.6 is 35.3 Å². The number of carboxylic acid groups (broad SMARTS) is 4. The third-order valence-corrected chi connectivity index (χ3v) is 24.0. The van der Waals surface area contributed by atoms with Gasteiger partial charge in [0.1, 0.15) is 72.2 Å². The highest BCUT2D eigenvalue weighted by Gasteiger charge is 2.41. The Morgan fingerprint density at radius 2 is 0.836 bits per heavy atom. The number of rotatable bonds is 20. The fraction of sp³-hybridized carbons (Fsp3) is 0.453. The second kappa shape index (κ2) is 49.4. The molecule has 0 saturated carbocycles. The Hall–Kier alpha value is -12.7. The number of nitrogens with one attached hydrogen (secondary N) is 13. The average molecular weight is 1830 g/mol. The Morgan fingerprint density at radius 3 is 1.34 bits per heavy atom. The quantitative estimate of drug-likeness (QED) is 0.0467. The summed E-state index contributed by atoms with van der Waals surface area (Å²) in [5.41, 5.74) is 13.1. The zero-order chi connectivity index (χ0) is 94.2. The molecule has 690 valence electrons. The number of phenols is 1. The fourth-order valence-electron chi connectivity index (χ4n) is 13.6. The molecule has 39 nitrogen and oxygen atoms in total. The number of hydrogen-bond acceptors (Lipinski definition) is 24. The van der Waals surface area contributed by atoms with Gasteiger partial charge in [0.15, 0.2) is 5.78 Å². The van der Waals surface area contributed by atoms with Crippen LogP contribution in [0.4, 0.5) is 0 Å². The number of nitrogens with two attached hydrogens (primary N) is 2. The summed E-state index contributed by atoms with van der Waals surface area (Å²) in [4.78, 5) is 267. The van der Waals surface area contributed by atoms with Gasteiger partial charge in [-0.25, -0.2) is 0 Å². The fourth-order valence-corrected chi connectivity index (χ4v) is 16.9. The number of hydrogen-bond donors (Lipinski definition) is 20. The molecule has 7 rings (SSSR count). The summed E-state index contributed by atoms with van der Waals surface area (Å²) >= 11 is 3.48. The summed E-state index contributed by atoms with van der Waals surface area (Å²) in [6.07, 6.45) is -7.26. The lowest BCUT2D eigenvalue weighted by atomic mass is 9.85. The van der Waals surface area contributed by atoms with E-state index < -0.39 is 267 Å². The number of amides is 14. The standard InChI is InChI=1S/C86H109N15O24S3/c1-7-51-41-126-38-48-28-49-30-50(29-48)40-128-43-65(89-37-66(103)44(2)90-78(118)60(33-53-18-13-17-52-16-11-12-19-55(52)53)97-76(116)56(24-26-68(105)106)92-81(121)61(34-67(87)104)94-74(114)45(3)91-75(51)115)84(124)93-57(25-27-69(107)108)77(117)98-62(35-70(109)110)82(122)96-58(31-46-14-9-8-10-15-46)79(119)95-59(32-47-20-22-54(102)23-21-47)80(120)99-63(36-71(111)112)83(123)101-72(86(4,5)6)85(125)100-64(73(88)113)42-127-39-49/h8-23,28-30,44-45,51,56-65,72,89,102H,7,24-27,31-43H2,1-6H3,(H2,87,104)(H2,88,113)(H,90,118)(H,91,115)(H,92,121)(H,93,124)(H,94,114)(H,95,119)(H,96,122)(H,97,116)(H,98,117)(H,99,120)(H,100,125)(H,101,123)(H,105,106)(H,107,108)(H,109,110)(H,111,112)/t44-,45-,51+,56+,57+,58+,59+,60+,61+,62+,63+,64+,65+,72-/m1/s1. The smallest absolute Gasteiger partial charge is 0.305 e. The maximum Gasteiger partial charge on any atom is 0.305 e. The number of aliphatic carboxylic acids is 4. The van der Waals surface area contributed by atoms with Gasteiger partial charge in [-0.05, 0) is 94.8 Å². The van der Waals surface area contributed by atoms with Crippen molar-refractivity contribution in [1.82, 2.24) is 69.1 Å². The van der Waals surface area contributed by atoms with E-state index in [1.807, 2.05) is 0 Å². The molecule has 4 bridgehead atoms. The second-order valence-electron chi connectivity index (χ2n) is 32.1. The number of primary amides is 2. The summed E-state index contributed by atoms with van der Waals surface area (Å²) in [7, 11) is 0. The molecule has 0 saturated heterocycles. The van der Waals surface area contributed by atoms with Gasteiger partial charge < -0.3 is 101 Å². The molecule has 42 heteroatoms. The van der Waals surface area contributed by atoms with Gasteiger partial charge in [0.05, 0.1) is 37.9 Å². The van der Waals surface area contributed by atoms with E-state index in [9.17, 15) is 112 Å². The topological polar surface area (TPSA) is 634 Å². The summed E-state index contributed by atoms with van der Waals surface area (Å²) in [6.45, 7) is 8.08. The molecule has 0 fully saturated rings. The minimum atomic E-state index is -2.17. The number of benzene rings is 5. The minimum Gasteiger partial charge on any atom is -0.508 e. The van der Waals surface area contributed by atoms with Crippen LogP contribution < -0.4 is 80.6 Å². The minimum absolute atomic E-state index is 0.0263. The summed E-state index contributed by atoms with van der Waals surface area (Å²) < 4.78 is 0. The molecule has 22 N–H and O–H groups in total. The van der Waals surface area contributed by atoms with Gasteiger partial charge in [-0.2, -0.15) is 35.3 Å². The number of Topliss-reactive ketones (excluding diaryl/α,β-unsaturated/α-hetero) is 1. The van der Waals surface area contributed by atoms with Crippen molar-refractivity contribution >= 4 is 158 Å². The highest BCUT2D eigenvalue weighted by molar-refractivity contribution is 7.99. The van der Waals surface area contributed by atoms with Crippen LogP contribution in [-0.2, 0) is 128 Å². The van der Waals surface area contributed by atoms with E-state index in [0.29, 0.717) is 38.6 Å². The largest absolute Gasteiger partial charge is 0.508 e. The molecule has 128 heavy (non-hydrogen) atoms. The lowest BCUT2D eigenvalue weighted by Crippen LogP contribution is -2.62. The molecule has 0 spiro atoms. The van der Waals surface area contributed by atoms with Crippen molar-refractivity contribution in [1.29, 1.82) is 0 Å². The van der Waals surface area contributed by atoms with Crippen LogP contribution in [0.2, 0.25) is 0 Å². The number of ketones is 1. The molecular formula is C86H109N15O24S3. The molecule has 14 amide bonds. The molecule has 5 aromatic rings. The van der Waals surface area contributed by atoms with Crippen molar-refractivity contribution in [2.75, 3.05) is 23.8 Å². The van der Waals surface area contributed by atoms with E-state index in [2.05, 4.69) is 69.1 Å². The van der Waals surface area contributed by atoms with E-state index in [-0.39, 0.29) is 58.7 Å². The average Bonchev–Trinajstić information content (AvgIpc) is 0.825. The Kier molecular flexibility index (Phi) is 39.5. The number of carbonyl (C=O) groups excluding carboxylic acids is 15. The van der Waals surface area contributed by atoms with Gasteiger partial charge in [0.2, 0.25) is 82.7 Å². The van der Waals surface area contributed by atoms with Crippen molar-refractivity contribution in [3.63, 3.8) is 0 Å². The maximum atomic E-state index is 15.2. The second-order valence-corrected chi connectivity index (χ2v) is 35.2. The van der Waals surface area contributed by atoms with Gasteiger partial charge in [0.25, 0.3) is 0 Å². The molecule has 0 unspecified atom stereocenters. The van der Waals surface area contributed by atoms with Crippen LogP contribution in [0.1, 0.15) is 126 Å². The van der Waals surface area contributed by atoms with Gasteiger partial charge in [-0.1, -0.05) is 131 Å². The van der Waals surface area contributed by atoms with Gasteiger partial charge in [-0.3, -0.25) is 96.4 Å². The molecule has 0 radical (unpaired) electrons. The van der Waals surface area contributed by atoms with Crippen molar-refractivity contribution in [2.45, 2.75) is 208 Å². The Bertz CT molecular complexity index is 4900. The van der Waals surface area contributed by atoms with Gasteiger partial charge >= 0.3 is 23.9 Å². The Labute approximate surface area is 749 Å². The zero-order valence-corrected chi connectivity index (χ0v) is 73.6. The third-order valence-electron chi connectivity index (χ3n) is 20.7. The highest BCUT2D eigenvalue weighted by atomic mass is 32.2. The first-order valence-electron chi connectivity index (χ1n) is 41.0. The maximum absolute atomic E-state index is 15.2. The van der Waals surface area contributed by atoms with E-state index in [0.717, 1.165) is 23.5 Å². The Morgan fingerprint density at radius 1 is 0.414 bits per heavy atom. The van der Waals surface area contributed by atoms with Crippen molar-refractivity contribution in [2.24, 2.45) is 22.8 Å². The first-order valence-corrected chi connectivity index (χ1v) is 44.5. The van der Waals surface area contributed by atoms with Crippen LogP contribution in [0.25, 0.3) is 10.8 Å². The molecular weight excluding hydrogens is 1720 g/mol. The van der Waals surface area contributed by atoms with Crippen molar-refractivity contribution in [3.8, 4) is 5.75 Å². The van der Waals surface area contributed by atoms with E-state index in [1.54, 1.807) is 85.8 Å². The van der Waals surface area contributed by atoms with Crippen LogP contribution in [0.3, 0.4) is 0 Å². The van der Waals surface area contributed by atoms with Crippen molar-refractivity contribution in [3.05, 3.63) is 149 Å². The van der Waals surface area contributed by atoms with E-state index in [1.165, 1.54) is 82.8 Å². The number of phenolic OH excluding ortho intramolecular Hbond substituents is 1. The van der Waals surface area contributed by atoms with Gasteiger partial charge in [0, 0.05) is 72.5 Å². The molecule has 14 atom stereocenters. The van der Waals surface area contributed by atoms with Crippen LogP contribution in [0, 0.1) is 11.3 Å². The normalized spacial score (nSPS) is 24.3. The molecule has 2 heterocycles. The van der Waals surface area contributed by atoms with Crippen LogP contribution in [0.5, 0.6) is 5.75 Å². The zero-order valence-electron chi connectivity index (χ0n) is 71.2. The predicted molar refractivity (Wildman–Crippen MR) is 470 cm³/mol. The van der Waals surface area contributed by atoms with Crippen LogP contribution in [0.15, 0.2) is 115 Å². The highest BCUT2D eigenvalue weighted by Crippen LogP contribution is 2.28. The van der Waals surface area contributed by atoms with Crippen LogP contribution in [-0.4, -0.2) is 240 Å². The third kappa shape index (κ3) is 33.2. The lowest BCUT2D eigenvalue weighted by molar-refractivity contribution is -0.142. The Balaban J connectivity index is 1.36. The number of carbonyl (C=O) groups is 19. The lowest BCUT2D eigenvalue weighted by Gasteiger charge is -2.33. The first kappa shape index (κ1) is 102. The summed E-state index contributed by atoms with van der Waals surface area (Å²) in [5, 5.41) is 84.7.